The van der Waals surface area contributed by atoms with E-state index in [2.05, 4.69) is 24.5 Å². The highest BCUT2D eigenvalue weighted by Crippen LogP contribution is 2.22. The largest absolute Gasteiger partial charge is 0.352 e. The molecule has 4 nitrogen and oxygen atoms in total. The van der Waals surface area contributed by atoms with E-state index in [9.17, 15) is 9.59 Å². The first kappa shape index (κ1) is 18.7. The second-order valence-corrected chi connectivity index (χ2v) is 6.08. The van der Waals surface area contributed by atoms with Crippen LogP contribution in [0.1, 0.15) is 47.3 Å². The van der Waals surface area contributed by atoms with Gasteiger partial charge >= 0.3 is 0 Å². The summed E-state index contributed by atoms with van der Waals surface area (Å²) in [5, 5.41) is 5.81. The molecule has 2 amide bonds. The van der Waals surface area contributed by atoms with E-state index in [-0.39, 0.29) is 18.2 Å². The molecule has 0 aliphatic carbocycles. The molecule has 0 saturated heterocycles. The van der Waals surface area contributed by atoms with Gasteiger partial charge in [-0.05, 0) is 43.0 Å². The number of amides is 2. The molecule has 0 fully saturated rings. The van der Waals surface area contributed by atoms with Crippen LogP contribution in [0.3, 0.4) is 0 Å². The van der Waals surface area contributed by atoms with Crippen molar-refractivity contribution < 1.29 is 9.59 Å². The average molecular weight is 338 g/mol. The number of rotatable bonds is 7. The van der Waals surface area contributed by atoms with Gasteiger partial charge in [0.15, 0.2) is 0 Å². The fourth-order valence-corrected chi connectivity index (χ4v) is 2.78. The van der Waals surface area contributed by atoms with Gasteiger partial charge in [0, 0.05) is 24.2 Å². The quantitative estimate of drug-likeness (QED) is 0.805. The molecule has 132 valence electrons. The maximum atomic E-state index is 12.3. The number of carbonyl (C=O) groups is 2. The minimum absolute atomic E-state index is 0.0832. The summed E-state index contributed by atoms with van der Waals surface area (Å²) in [7, 11) is 0. The van der Waals surface area contributed by atoms with E-state index in [1.54, 1.807) is 6.07 Å². The Morgan fingerprint density at radius 2 is 1.60 bits per heavy atom. The summed E-state index contributed by atoms with van der Waals surface area (Å²) < 4.78 is 0. The molecule has 2 N–H and O–H groups in total. The first-order valence-corrected chi connectivity index (χ1v) is 8.80. The first-order valence-electron chi connectivity index (χ1n) is 8.80. The van der Waals surface area contributed by atoms with E-state index in [0.29, 0.717) is 12.1 Å². The fourth-order valence-electron chi connectivity index (χ4n) is 2.78. The van der Waals surface area contributed by atoms with Gasteiger partial charge in [0.2, 0.25) is 5.91 Å². The molecule has 0 aromatic heterocycles. The number of hydrogen-bond donors (Lipinski definition) is 2. The third-order valence-corrected chi connectivity index (χ3v) is 4.18. The molecule has 0 heterocycles. The van der Waals surface area contributed by atoms with Gasteiger partial charge in [0.25, 0.3) is 5.91 Å². The van der Waals surface area contributed by atoms with E-state index in [1.807, 2.05) is 43.3 Å². The standard InChI is InChI=1S/C21H26N2O2/c1-4-16-9-7-10-17(5-2)20(16)23-19(24)12-13-22-21(25)18-11-6-8-15(3)14-18/h6-11,14H,4-5,12-13H2,1-3H3,(H,22,25)(H,23,24). The van der Waals surface area contributed by atoms with Crippen molar-refractivity contribution >= 4 is 17.5 Å². The van der Waals surface area contributed by atoms with Crippen molar-refractivity contribution in [2.24, 2.45) is 0 Å². The third kappa shape index (κ3) is 5.18. The second-order valence-electron chi connectivity index (χ2n) is 6.08. The topological polar surface area (TPSA) is 58.2 Å². The molecule has 0 atom stereocenters. The number of benzene rings is 2. The van der Waals surface area contributed by atoms with Crippen molar-refractivity contribution in [2.75, 3.05) is 11.9 Å². The van der Waals surface area contributed by atoms with Crippen LogP contribution in [0, 0.1) is 6.92 Å². The molecule has 0 saturated carbocycles. The van der Waals surface area contributed by atoms with Gasteiger partial charge in [-0.25, -0.2) is 0 Å². The van der Waals surface area contributed by atoms with Crippen molar-refractivity contribution in [1.29, 1.82) is 0 Å². The molecule has 0 radical (unpaired) electrons. The summed E-state index contributed by atoms with van der Waals surface area (Å²) in [6.45, 7) is 6.41. The lowest BCUT2D eigenvalue weighted by Gasteiger charge is -2.14. The van der Waals surface area contributed by atoms with Crippen LogP contribution < -0.4 is 10.6 Å². The number of nitrogens with one attached hydrogen (secondary N) is 2. The van der Waals surface area contributed by atoms with Crippen LogP contribution >= 0.6 is 0 Å². The summed E-state index contributed by atoms with van der Waals surface area (Å²) in [6.07, 6.45) is 1.99. The summed E-state index contributed by atoms with van der Waals surface area (Å²) in [5.41, 5.74) is 4.84. The molecular formula is C21H26N2O2. The molecule has 0 unspecified atom stereocenters. The first-order chi connectivity index (χ1) is 12.0. The number of carbonyl (C=O) groups excluding carboxylic acids is 2. The highest BCUT2D eigenvalue weighted by atomic mass is 16.2. The maximum absolute atomic E-state index is 12.3. The SMILES string of the molecule is CCc1cccc(CC)c1NC(=O)CCNC(=O)c1cccc(C)c1. The zero-order chi connectivity index (χ0) is 18.2. The number of hydrogen-bond acceptors (Lipinski definition) is 2. The Kier molecular flexibility index (Phi) is 6.75. The highest BCUT2D eigenvalue weighted by Gasteiger charge is 2.11. The summed E-state index contributed by atoms with van der Waals surface area (Å²) in [5.74, 6) is -0.236. The van der Waals surface area contributed by atoms with Crippen LogP contribution in [0.2, 0.25) is 0 Å². The average Bonchev–Trinajstić information content (AvgIpc) is 2.61. The van der Waals surface area contributed by atoms with Crippen LogP contribution in [0.15, 0.2) is 42.5 Å². The summed E-state index contributed by atoms with van der Waals surface area (Å²) in [4.78, 5) is 24.4. The van der Waals surface area contributed by atoms with E-state index in [4.69, 9.17) is 0 Å². The Morgan fingerprint density at radius 3 is 2.20 bits per heavy atom. The van der Waals surface area contributed by atoms with Crippen molar-refractivity contribution in [1.82, 2.24) is 5.32 Å². The predicted octanol–water partition coefficient (Wildman–Crippen LogP) is 3.88. The second kappa shape index (κ2) is 9.02. The van der Waals surface area contributed by atoms with Crippen molar-refractivity contribution in [3.63, 3.8) is 0 Å². The van der Waals surface area contributed by atoms with Gasteiger partial charge in [0.05, 0.1) is 0 Å². The monoisotopic (exact) mass is 338 g/mol. The van der Waals surface area contributed by atoms with Gasteiger partial charge in [-0.15, -0.1) is 0 Å². The third-order valence-electron chi connectivity index (χ3n) is 4.18. The Morgan fingerprint density at radius 1 is 0.960 bits per heavy atom. The Balaban J connectivity index is 1.90. The van der Waals surface area contributed by atoms with Crippen LogP contribution in [-0.4, -0.2) is 18.4 Å². The van der Waals surface area contributed by atoms with Crippen molar-refractivity contribution in [3.8, 4) is 0 Å². The number of para-hydroxylation sites is 1. The maximum Gasteiger partial charge on any atom is 0.251 e. The van der Waals surface area contributed by atoms with Gasteiger partial charge < -0.3 is 10.6 Å². The molecule has 2 rings (SSSR count). The number of anilines is 1. The van der Waals surface area contributed by atoms with E-state index in [1.165, 1.54) is 0 Å². The Bertz CT molecular complexity index is 731. The molecule has 0 bridgehead atoms. The summed E-state index contributed by atoms with van der Waals surface area (Å²) >= 11 is 0. The normalized spacial score (nSPS) is 10.4. The van der Waals surface area contributed by atoms with Crippen molar-refractivity contribution in [2.45, 2.75) is 40.0 Å². The lowest BCUT2D eigenvalue weighted by Crippen LogP contribution is -2.28. The zero-order valence-corrected chi connectivity index (χ0v) is 15.2. The van der Waals surface area contributed by atoms with E-state index in [0.717, 1.165) is 35.2 Å². The smallest absolute Gasteiger partial charge is 0.251 e. The lowest BCUT2D eigenvalue weighted by molar-refractivity contribution is -0.116. The molecule has 2 aromatic carbocycles. The molecule has 0 aliphatic rings. The lowest BCUT2D eigenvalue weighted by atomic mass is 10.0. The molecule has 25 heavy (non-hydrogen) atoms. The minimum atomic E-state index is -0.153. The zero-order valence-electron chi connectivity index (χ0n) is 15.2. The van der Waals surface area contributed by atoms with Crippen LogP contribution in [0.4, 0.5) is 5.69 Å². The highest BCUT2D eigenvalue weighted by molar-refractivity contribution is 5.95. The van der Waals surface area contributed by atoms with Gasteiger partial charge in [0.1, 0.15) is 0 Å². The molecule has 4 heteroatoms. The van der Waals surface area contributed by atoms with E-state index >= 15 is 0 Å². The minimum Gasteiger partial charge on any atom is -0.352 e. The molecule has 0 spiro atoms. The van der Waals surface area contributed by atoms with Crippen LogP contribution in [-0.2, 0) is 17.6 Å². The van der Waals surface area contributed by atoms with Crippen LogP contribution in [0.25, 0.3) is 0 Å². The molecule has 0 aliphatic heterocycles. The predicted molar refractivity (Wildman–Crippen MR) is 102 cm³/mol. The van der Waals surface area contributed by atoms with Crippen molar-refractivity contribution in [3.05, 3.63) is 64.7 Å². The van der Waals surface area contributed by atoms with E-state index < -0.39 is 0 Å². The van der Waals surface area contributed by atoms with Gasteiger partial charge in [-0.2, -0.15) is 0 Å². The van der Waals surface area contributed by atoms with Gasteiger partial charge in [-0.1, -0.05) is 49.7 Å². The Hall–Kier alpha value is -2.62. The Labute approximate surface area is 149 Å². The molecule has 2 aromatic rings. The fraction of sp³-hybridized carbons (Fsp3) is 0.333. The summed E-state index contributed by atoms with van der Waals surface area (Å²) in [6, 6.07) is 13.5. The van der Waals surface area contributed by atoms with Crippen LogP contribution in [0.5, 0.6) is 0 Å². The molecular weight excluding hydrogens is 312 g/mol. The number of aryl methyl sites for hydroxylation is 3. The van der Waals surface area contributed by atoms with Gasteiger partial charge in [-0.3, -0.25) is 9.59 Å².